The van der Waals surface area contributed by atoms with Gasteiger partial charge in [0.2, 0.25) is 5.82 Å². The van der Waals surface area contributed by atoms with E-state index in [0.29, 0.717) is 10.8 Å². The van der Waals surface area contributed by atoms with Gasteiger partial charge in [-0.25, -0.2) is 14.0 Å². The Morgan fingerprint density at radius 2 is 1.90 bits per heavy atom. The molecule has 1 N–H and O–H groups in total. The minimum Gasteiger partial charge on any atom is -0.459 e. The number of carbonyl (C=O) groups excluding carboxylic acids is 2. The smallest absolute Gasteiger partial charge is 0.338 e. The predicted octanol–water partition coefficient (Wildman–Crippen LogP) is 1.01. The van der Waals surface area contributed by atoms with Gasteiger partial charge in [0.1, 0.15) is 12.7 Å². The monoisotopic (exact) mass is 424 g/mol. The summed E-state index contributed by atoms with van der Waals surface area (Å²) in [5.74, 6) is -2.92. The van der Waals surface area contributed by atoms with Crippen molar-refractivity contribution < 1.29 is 32.6 Å². The van der Waals surface area contributed by atoms with E-state index in [1.54, 1.807) is 17.1 Å². The van der Waals surface area contributed by atoms with Crippen molar-refractivity contribution in [1.82, 2.24) is 9.55 Å². The number of nitrogens with zero attached hydrogens (tertiary/aromatic N) is 1. The first-order valence-electron chi connectivity index (χ1n) is 8.89. The minimum atomic E-state index is -1.99. The molecule has 0 radical (unpaired) electrons. The predicted molar refractivity (Wildman–Crippen MR) is 97.1 cm³/mol. The first-order chi connectivity index (χ1) is 14.2. The fraction of sp³-hybridized carbons (Fsp3) is 0.368. The van der Waals surface area contributed by atoms with E-state index in [-0.39, 0.29) is 5.56 Å². The number of ether oxygens (including phenoxy) is 3. The molecule has 0 bridgehead atoms. The number of carbonyl (C=O) groups is 2. The van der Waals surface area contributed by atoms with Gasteiger partial charge in [-0.15, -0.1) is 0 Å². The largest absolute Gasteiger partial charge is 0.459 e. The molecule has 0 spiro atoms. The van der Waals surface area contributed by atoms with Crippen LogP contribution in [0.4, 0.5) is 8.78 Å². The number of halogens is 2. The molecule has 0 aliphatic carbocycles. The zero-order valence-electron chi connectivity index (χ0n) is 16.0. The summed E-state index contributed by atoms with van der Waals surface area (Å²) in [5.41, 5.74) is -1.19. The molecule has 2 aromatic rings. The molecule has 0 amide bonds. The number of H-pyrrole nitrogens is 1. The van der Waals surface area contributed by atoms with Crippen LogP contribution in [0, 0.1) is 12.7 Å². The summed E-state index contributed by atoms with van der Waals surface area (Å²) in [4.78, 5) is 48.5. The van der Waals surface area contributed by atoms with Crippen LogP contribution < -0.4 is 11.2 Å². The molecule has 1 aliphatic heterocycles. The molecule has 11 heteroatoms. The van der Waals surface area contributed by atoms with Gasteiger partial charge >= 0.3 is 17.6 Å². The van der Waals surface area contributed by atoms with Gasteiger partial charge in [-0.1, -0.05) is 17.7 Å². The first kappa shape index (κ1) is 21.4. The number of hydrogen-bond donors (Lipinski definition) is 1. The normalized spacial score (nSPS) is 23.2. The summed E-state index contributed by atoms with van der Waals surface area (Å²) < 4.78 is 44.5. The summed E-state index contributed by atoms with van der Waals surface area (Å²) in [6.45, 7) is 2.31. The van der Waals surface area contributed by atoms with Crippen molar-refractivity contribution in [2.75, 3.05) is 6.61 Å². The standard InChI is InChI=1S/C19H18F2N2O7/c1-9-3-5-11(6-4-9)18(26)28-8-13-14(21)15(29-10(2)24)17(30-13)23-7-12(20)16(25)22-19(23)27/h3-7,13-15,17H,8H2,1-2H3,(H,22,25,27)/t13-,14-,15-,17-/m1/s1. The Labute approximate surface area is 168 Å². The van der Waals surface area contributed by atoms with Crippen LogP contribution in [0.2, 0.25) is 0 Å². The Kier molecular flexibility index (Phi) is 6.11. The summed E-state index contributed by atoms with van der Waals surface area (Å²) in [6, 6.07) is 6.47. The number of esters is 2. The zero-order chi connectivity index (χ0) is 22.0. The molecule has 1 aliphatic rings. The topological polar surface area (TPSA) is 117 Å². The van der Waals surface area contributed by atoms with Crippen LogP contribution in [0.25, 0.3) is 0 Å². The zero-order valence-corrected chi connectivity index (χ0v) is 16.0. The van der Waals surface area contributed by atoms with E-state index >= 15 is 0 Å². The lowest BCUT2D eigenvalue weighted by atomic mass is 10.1. The number of hydrogen-bond acceptors (Lipinski definition) is 7. The van der Waals surface area contributed by atoms with Gasteiger partial charge in [0, 0.05) is 6.92 Å². The van der Waals surface area contributed by atoms with Gasteiger partial charge in [-0.2, -0.15) is 4.39 Å². The molecule has 1 fully saturated rings. The van der Waals surface area contributed by atoms with E-state index in [9.17, 15) is 28.0 Å². The van der Waals surface area contributed by atoms with Crippen LogP contribution in [-0.4, -0.2) is 46.5 Å². The van der Waals surface area contributed by atoms with Crippen LogP contribution in [0.3, 0.4) is 0 Å². The van der Waals surface area contributed by atoms with Crippen LogP contribution >= 0.6 is 0 Å². The number of nitrogens with one attached hydrogen (secondary N) is 1. The summed E-state index contributed by atoms with van der Waals surface area (Å²) >= 11 is 0. The van der Waals surface area contributed by atoms with E-state index in [2.05, 4.69) is 0 Å². The van der Waals surface area contributed by atoms with Crippen molar-refractivity contribution >= 4 is 11.9 Å². The average molecular weight is 424 g/mol. The molecule has 4 atom stereocenters. The molecule has 1 aromatic carbocycles. The van der Waals surface area contributed by atoms with Crippen LogP contribution in [0.1, 0.15) is 29.1 Å². The van der Waals surface area contributed by atoms with E-state index in [0.717, 1.165) is 12.5 Å². The Morgan fingerprint density at radius 3 is 2.53 bits per heavy atom. The Hall–Kier alpha value is -3.34. The summed E-state index contributed by atoms with van der Waals surface area (Å²) in [5, 5.41) is 0. The van der Waals surface area contributed by atoms with Gasteiger partial charge in [0.05, 0.1) is 11.8 Å². The highest BCUT2D eigenvalue weighted by Gasteiger charge is 2.49. The average Bonchev–Trinajstić information content (AvgIpc) is 2.98. The van der Waals surface area contributed by atoms with Crippen molar-refractivity contribution in [3.8, 4) is 0 Å². The van der Waals surface area contributed by atoms with Gasteiger partial charge < -0.3 is 14.2 Å². The van der Waals surface area contributed by atoms with Crippen molar-refractivity contribution in [3.05, 3.63) is 68.2 Å². The summed E-state index contributed by atoms with van der Waals surface area (Å²) in [6.07, 6.45) is -6.09. The quantitative estimate of drug-likeness (QED) is 0.712. The highest BCUT2D eigenvalue weighted by atomic mass is 19.1. The second-order valence-corrected chi connectivity index (χ2v) is 6.69. The molecule has 2 heterocycles. The van der Waals surface area contributed by atoms with E-state index in [4.69, 9.17) is 14.2 Å². The van der Waals surface area contributed by atoms with Crippen molar-refractivity contribution in [1.29, 1.82) is 0 Å². The lowest BCUT2D eigenvalue weighted by molar-refractivity contribution is -0.154. The van der Waals surface area contributed by atoms with Crippen molar-refractivity contribution in [3.63, 3.8) is 0 Å². The molecular weight excluding hydrogens is 406 g/mol. The Balaban J connectivity index is 1.80. The van der Waals surface area contributed by atoms with Crippen LogP contribution in [-0.2, 0) is 19.0 Å². The number of benzene rings is 1. The number of aryl methyl sites for hydroxylation is 1. The highest BCUT2D eigenvalue weighted by Crippen LogP contribution is 2.33. The second kappa shape index (κ2) is 8.57. The third-order valence-electron chi connectivity index (χ3n) is 4.43. The molecule has 30 heavy (non-hydrogen) atoms. The lowest BCUT2D eigenvalue weighted by Crippen LogP contribution is -2.39. The van der Waals surface area contributed by atoms with Gasteiger partial charge in [-0.3, -0.25) is 19.1 Å². The van der Waals surface area contributed by atoms with Crippen LogP contribution in [0.5, 0.6) is 0 Å². The highest BCUT2D eigenvalue weighted by molar-refractivity contribution is 5.89. The molecule has 160 valence electrons. The summed E-state index contributed by atoms with van der Waals surface area (Å²) in [7, 11) is 0. The number of aromatic amines is 1. The van der Waals surface area contributed by atoms with Crippen molar-refractivity contribution in [2.45, 2.75) is 38.5 Å². The second-order valence-electron chi connectivity index (χ2n) is 6.69. The van der Waals surface area contributed by atoms with E-state index < -0.39 is 60.2 Å². The third-order valence-corrected chi connectivity index (χ3v) is 4.43. The first-order valence-corrected chi connectivity index (χ1v) is 8.89. The number of aromatic nitrogens is 2. The Morgan fingerprint density at radius 1 is 1.23 bits per heavy atom. The van der Waals surface area contributed by atoms with Gasteiger partial charge in [0.25, 0.3) is 5.56 Å². The maximum Gasteiger partial charge on any atom is 0.338 e. The third kappa shape index (κ3) is 4.46. The molecule has 1 aromatic heterocycles. The van der Waals surface area contributed by atoms with Gasteiger partial charge in [0.15, 0.2) is 18.5 Å². The molecule has 1 saturated heterocycles. The van der Waals surface area contributed by atoms with Crippen LogP contribution in [0.15, 0.2) is 40.1 Å². The lowest BCUT2D eigenvalue weighted by Gasteiger charge is -2.20. The van der Waals surface area contributed by atoms with E-state index in [1.165, 1.54) is 12.1 Å². The minimum absolute atomic E-state index is 0.237. The molecule has 3 rings (SSSR count). The fourth-order valence-corrected chi connectivity index (χ4v) is 2.95. The number of alkyl halides is 1. The Bertz CT molecular complexity index is 1060. The maximum atomic E-state index is 14.9. The molecule has 9 nitrogen and oxygen atoms in total. The maximum absolute atomic E-state index is 14.9. The number of rotatable bonds is 5. The van der Waals surface area contributed by atoms with E-state index in [1.807, 2.05) is 6.92 Å². The van der Waals surface area contributed by atoms with Gasteiger partial charge in [-0.05, 0) is 19.1 Å². The SMILES string of the molecule is CC(=O)O[C@@H]1[C@H](F)[C@@H](COC(=O)c2ccc(C)cc2)O[C@H]1n1cc(F)c(=O)[nH]c1=O. The molecular formula is C19H18F2N2O7. The van der Waals surface area contributed by atoms with Crippen molar-refractivity contribution in [2.24, 2.45) is 0 Å². The molecule has 0 saturated carbocycles. The fourth-order valence-electron chi connectivity index (χ4n) is 2.95. The molecule has 0 unspecified atom stereocenters.